The van der Waals surface area contributed by atoms with Crippen LogP contribution in [0.25, 0.3) is 29.3 Å². The monoisotopic (exact) mass is 540 g/mol. The molecule has 0 atom stereocenters. The first-order valence-corrected chi connectivity index (χ1v) is 16.1. The molecule has 0 saturated heterocycles. The fourth-order valence-electron chi connectivity index (χ4n) is 4.68. The van der Waals surface area contributed by atoms with Crippen LogP contribution in [-0.4, -0.2) is 0 Å². The van der Waals surface area contributed by atoms with E-state index in [2.05, 4.69) is 93.5 Å². The van der Waals surface area contributed by atoms with Crippen molar-refractivity contribution in [3.63, 3.8) is 0 Å². The van der Waals surface area contributed by atoms with E-state index in [1.165, 1.54) is 69.2 Å². The van der Waals surface area contributed by atoms with E-state index in [1.54, 1.807) is 4.88 Å². The van der Waals surface area contributed by atoms with Crippen LogP contribution in [-0.2, 0) is 10.8 Å². The molecule has 188 valence electrons. The summed E-state index contributed by atoms with van der Waals surface area (Å²) < 4.78 is 0. The van der Waals surface area contributed by atoms with Crippen LogP contribution in [0, 0.1) is 27.7 Å². The molecule has 0 aliphatic rings. The maximum Gasteiger partial charge on any atom is 0.0479 e. The fraction of sp³-hybridized carbons (Fsp3) is 0.484. The first kappa shape index (κ1) is 26.9. The van der Waals surface area contributed by atoms with Gasteiger partial charge in [0.05, 0.1) is 0 Å². The van der Waals surface area contributed by atoms with E-state index in [1.807, 2.05) is 45.3 Å². The van der Waals surface area contributed by atoms with Crippen LogP contribution in [0.3, 0.4) is 0 Å². The minimum Gasteiger partial charge on any atom is -0.139 e. The Hall–Kier alpha value is -1.20. The molecule has 0 radical (unpaired) electrons. The average molecular weight is 541 g/mol. The van der Waals surface area contributed by atoms with E-state index in [0.29, 0.717) is 0 Å². The van der Waals surface area contributed by atoms with Crippen LogP contribution in [0.1, 0.15) is 92.8 Å². The van der Waals surface area contributed by atoms with Crippen LogP contribution >= 0.6 is 45.3 Å². The molecule has 35 heavy (non-hydrogen) atoms. The average Bonchev–Trinajstić information content (AvgIpc) is 3.59. The lowest BCUT2D eigenvalue weighted by Crippen LogP contribution is -2.18. The van der Waals surface area contributed by atoms with Gasteiger partial charge in [0.2, 0.25) is 0 Å². The molecular formula is C31H40S4. The molecule has 0 bridgehead atoms. The smallest absolute Gasteiger partial charge is 0.0479 e. The molecule has 0 saturated carbocycles. The molecule has 0 aliphatic heterocycles. The van der Waals surface area contributed by atoms with Crippen LogP contribution in [0.2, 0.25) is 0 Å². The van der Waals surface area contributed by atoms with Crippen LogP contribution in [0.15, 0.2) is 24.3 Å². The largest absolute Gasteiger partial charge is 0.139 e. The van der Waals surface area contributed by atoms with E-state index in [-0.39, 0.29) is 10.8 Å². The predicted octanol–water partition coefficient (Wildman–Crippen LogP) is 11.9. The van der Waals surface area contributed by atoms with Crippen LogP contribution in [0.4, 0.5) is 0 Å². The molecule has 4 rings (SSSR count). The number of thiophene rings is 4. The summed E-state index contributed by atoms with van der Waals surface area (Å²) in [5.74, 6) is 0. The van der Waals surface area contributed by atoms with Gasteiger partial charge in [-0.25, -0.2) is 0 Å². The molecule has 4 heteroatoms. The van der Waals surface area contributed by atoms with E-state index >= 15 is 0 Å². The van der Waals surface area contributed by atoms with Gasteiger partial charge in [-0.3, -0.25) is 0 Å². The van der Waals surface area contributed by atoms with Crippen molar-refractivity contribution in [1.82, 2.24) is 0 Å². The van der Waals surface area contributed by atoms with Gasteiger partial charge in [-0.2, -0.15) is 0 Å². The zero-order chi connectivity index (χ0) is 25.7. The van der Waals surface area contributed by atoms with Gasteiger partial charge in [0.15, 0.2) is 0 Å². The third-order valence-corrected chi connectivity index (χ3v) is 14.2. The van der Waals surface area contributed by atoms with Crippen molar-refractivity contribution in [2.75, 3.05) is 0 Å². The van der Waals surface area contributed by atoms with Gasteiger partial charge in [0, 0.05) is 44.4 Å². The molecule has 0 nitrogen and oxygen atoms in total. The summed E-state index contributed by atoms with van der Waals surface area (Å²) in [6.07, 6.45) is 3.54. The molecule has 0 spiro atoms. The quantitative estimate of drug-likeness (QED) is 0.208. The first-order chi connectivity index (χ1) is 16.4. The molecule has 0 N–H and O–H groups in total. The van der Waals surface area contributed by atoms with Gasteiger partial charge in [-0.1, -0.05) is 41.5 Å². The highest BCUT2D eigenvalue weighted by Gasteiger charge is 2.28. The highest BCUT2D eigenvalue weighted by Crippen LogP contribution is 2.49. The number of aryl methyl sites for hydroxylation is 4. The Kier molecular flexibility index (Phi) is 7.62. The van der Waals surface area contributed by atoms with Crippen molar-refractivity contribution < 1.29 is 0 Å². The third kappa shape index (κ3) is 4.89. The molecule has 0 aromatic carbocycles. The number of hydrogen-bond donors (Lipinski definition) is 0. The number of hydrogen-bond acceptors (Lipinski definition) is 4. The summed E-state index contributed by atoms with van der Waals surface area (Å²) in [6, 6.07) is 9.69. The minimum atomic E-state index is 0.242. The Morgan fingerprint density at radius 3 is 1.46 bits per heavy atom. The summed E-state index contributed by atoms with van der Waals surface area (Å²) in [5.41, 5.74) is 6.20. The van der Waals surface area contributed by atoms with Gasteiger partial charge in [-0.05, 0) is 98.9 Å². The third-order valence-electron chi connectivity index (χ3n) is 8.00. The van der Waals surface area contributed by atoms with Gasteiger partial charge < -0.3 is 0 Å². The lowest BCUT2D eigenvalue weighted by molar-refractivity contribution is 0.446. The van der Waals surface area contributed by atoms with Crippen molar-refractivity contribution >= 4 is 45.3 Å². The van der Waals surface area contributed by atoms with E-state index in [4.69, 9.17) is 0 Å². The molecule has 0 fully saturated rings. The Morgan fingerprint density at radius 2 is 0.971 bits per heavy atom. The molecule has 0 aliphatic carbocycles. The van der Waals surface area contributed by atoms with Crippen LogP contribution < -0.4 is 0 Å². The second kappa shape index (κ2) is 9.93. The lowest BCUT2D eigenvalue weighted by Gasteiger charge is -2.26. The van der Waals surface area contributed by atoms with Crippen LogP contribution in [0.5, 0.6) is 0 Å². The summed E-state index contributed by atoms with van der Waals surface area (Å²) in [5, 5.41) is 0. The molecule has 0 unspecified atom stereocenters. The van der Waals surface area contributed by atoms with E-state index in [0.717, 1.165) is 6.42 Å². The zero-order valence-corrected chi connectivity index (χ0v) is 26.3. The molecule has 4 aromatic heterocycles. The van der Waals surface area contributed by atoms with Gasteiger partial charge in [0.1, 0.15) is 0 Å². The summed E-state index contributed by atoms with van der Waals surface area (Å²) in [4.78, 5) is 11.7. The van der Waals surface area contributed by atoms with Crippen molar-refractivity contribution in [2.45, 2.75) is 99.3 Å². The van der Waals surface area contributed by atoms with Crippen molar-refractivity contribution in [2.24, 2.45) is 0 Å². The normalized spacial score (nSPS) is 12.6. The van der Waals surface area contributed by atoms with Gasteiger partial charge in [-0.15, -0.1) is 45.3 Å². The highest BCUT2D eigenvalue weighted by atomic mass is 32.1. The summed E-state index contributed by atoms with van der Waals surface area (Å²) >= 11 is 7.97. The van der Waals surface area contributed by atoms with E-state index in [9.17, 15) is 0 Å². The Bertz CT molecular complexity index is 1330. The highest BCUT2D eigenvalue weighted by molar-refractivity contribution is 7.28. The predicted molar refractivity (Wildman–Crippen MR) is 164 cm³/mol. The Labute approximate surface area is 229 Å². The minimum absolute atomic E-state index is 0.242. The number of rotatable bonds is 8. The molecular weight excluding hydrogens is 501 g/mol. The lowest BCUT2D eigenvalue weighted by atomic mass is 9.82. The standard InChI is InChI=1S/C31H40S4/c1-11-30(8,9)25-17-20(6)28(35-25)23-15-18(4)26(33-23)22-14-19(5)27(32-22)24-16-21(7)29(34-24)31(10,12-2)13-3/h14-17H,11-13H2,1-10H3. The van der Waals surface area contributed by atoms with Gasteiger partial charge in [0.25, 0.3) is 0 Å². The van der Waals surface area contributed by atoms with Gasteiger partial charge >= 0.3 is 0 Å². The second-order valence-corrected chi connectivity index (χ2v) is 15.2. The Morgan fingerprint density at radius 1 is 0.543 bits per heavy atom. The second-order valence-electron chi connectivity index (χ2n) is 11.0. The maximum atomic E-state index is 2.44. The topological polar surface area (TPSA) is 0 Å². The van der Waals surface area contributed by atoms with Crippen molar-refractivity contribution in [3.8, 4) is 29.3 Å². The summed E-state index contributed by atoms with van der Waals surface area (Å²) in [6.45, 7) is 23.3. The maximum absolute atomic E-state index is 2.44. The fourth-order valence-corrected chi connectivity index (χ4v) is 10.3. The first-order valence-electron chi connectivity index (χ1n) is 12.9. The van der Waals surface area contributed by atoms with Crippen molar-refractivity contribution in [3.05, 3.63) is 56.3 Å². The SMILES string of the molecule is CCC(C)(C)c1cc(C)c(-c2cc(C)c(-c3cc(C)c(-c4cc(C)c(C(C)(CC)CC)s4)s3)s2)s1. The van der Waals surface area contributed by atoms with Crippen molar-refractivity contribution in [1.29, 1.82) is 0 Å². The van der Waals surface area contributed by atoms with E-state index < -0.39 is 0 Å². The Balaban J connectivity index is 1.71. The molecule has 0 amide bonds. The summed E-state index contributed by atoms with van der Waals surface area (Å²) in [7, 11) is 0. The zero-order valence-electron chi connectivity index (χ0n) is 23.1. The molecule has 4 heterocycles. The molecule has 4 aromatic rings.